The zero-order valence-electron chi connectivity index (χ0n) is 13.1. The highest BCUT2D eigenvalue weighted by Gasteiger charge is 2.13. The minimum Gasteiger partial charge on any atom is -0.411 e. The van der Waals surface area contributed by atoms with Crippen molar-refractivity contribution in [2.24, 2.45) is 0 Å². The third-order valence-electron chi connectivity index (χ3n) is 3.36. The van der Waals surface area contributed by atoms with E-state index < -0.39 is 0 Å². The average molecular weight is 433 g/mol. The van der Waals surface area contributed by atoms with Crippen LogP contribution in [0.3, 0.4) is 0 Å². The molecule has 6 nitrogen and oxygen atoms in total. The number of benzene rings is 2. The van der Waals surface area contributed by atoms with Gasteiger partial charge in [-0.05, 0) is 42.5 Å². The van der Waals surface area contributed by atoms with Gasteiger partial charge in [0.2, 0.25) is 5.89 Å². The van der Waals surface area contributed by atoms with Gasteiger partial charge in [0.15, 0.2) is 5.82 Å². The molecule has 4 rings (SSSR count). The van der Waals surface area contributed by atoms with E-state index in [1.807, 2.05) is 24.3 Å². The summed E-state index contributed by atoms with van der Waals surface area (Å²) in [6.07, 6.45) is 0. The van der Waals surface area contributed by atoms with Crippen LogP contribution in [-0.2, 0) is 5.75 Å². The molecule has 2 heterocycles. The molecular weight excluding hydrogens is 423 g/mol. The Kier molecular flexibility index (Phi) is 4.81. The van der Waals surface area contributed by atoms with Crippen LogP contribution in [0, 0.1) is 5.82 Å². The summed E-state index contributed by atoms with van der Waals surface area (Å²) < 4.78 is 24.7. The van der Waals surface area contributed by atoms with Crippen molar-refractivity contribution in [3.63, 3.8) is 0 Å². The number of rotatable bonds is 5. The van der Waals surface area contributed by atoms with Gasteiger partial charge in [-0.1, -0.05) is 38.9 Å². The van der Waals surface area contributed by atoms with Gasteiger partial charge in [-0.15, -0.1) is 10.2 Å². The Bertz CT molecular complexity index is 1040. The Morgan fingerprint density at radius 2 is 1.85 bits per heavy atom. The lowest BCUT2D eigenvalue weighted by Gasteiger charge is -1.95. The quantitative estimate of drug-likeness (QED) is 0.411. The minimum absolute atomic E-state index is 0.318. The first-order valence-corrected chi connectivity index (χ1v) is 9.26. The lowest BCUT2D eigenvalue weighted by Crippen LogP contribution is -1.84. The first kappa shape index (κ1) is 16.9. The predicted octanol–water partition coefficient (Wildman–Crippen LogP) is 4.98. The van der Waals surface area contributed by atoms with Gasteiger partial charge in [-0.3, -0.25) is 0 Å². The fraction of sp³-hybridized carbons (Fsp3) is 0.0588. The number of halogens is 2. The van der Waals surface area contributed by atoms with Crippen molar-refractivity contribution in [3.05, 3.63) is 64.6 Å². The second-order valence-corrected chi connectivity index (χ2v) is 7.04. The molecule has 2 aromatic heterocycles. The molecule has 26 heavy (non-hydrogen) atoms. The summed E-state index contributed by atoms with van der Waals surface area (Å²) in [4.78, 5) is 4.28. The zero-order chi connectivity index (χ0) is 17.9. The van der Waals surface area contributed by atoms with Crippen LogP contribution < -0.4 is 0 Å². The highest BCUT2D eigenvalue weighted by molar-refractivity contribution is 9.10. The highest BCUT2D eigenvalue weighted by atomic mass is 79.9. The largest absolute Gasteiger partial charge is 0.411 e. The number of hydrogen-bond acceptors (Lipinski definition) is 7. The molecule has 9 heteroatoms. The molecule has 0 aliphatic heterocycles. The Labute approximate surface area is 160 Å². The summed E-state index contributed by atoms with van der Waals surface area (Å²) in [6.45, 7) is 0. The Balaban J connectivity index is 1.43. The van der Waals surface area contributed by atoms with E-state index in [0.717, 1.165) is 10.0 Å². The maximum absolute atomic E-state index is 13.0. The van der Waals surface area contributed by atoms with Gasteiger partial charge in [-0.25, -0.2) is 4.39 Å². The molecular formula is C17H10BrFN4O2S. The molecule has 0 spiro atoms. The first-order valence-electron chi connectivity index (χ1n) is 7.48. The first-order chi connectivity index (χ1) is 12.7. The number of thioether (sulfide) groups is 1. The number of hydrogen-bond donors (Lipinski definition) is 0. The van der Waals surface area contributed by atoms with Crippen LogP contribution in [0.1, 0.15) is 5.82 Å². The molecule has 130 valence electrons. The van der Waals surface area contributed by atoms with Crippen LogP contribution in [0.5, 0.6) is 0 Å². The maximum Gasteiger partial charge on any atom is 0.277 e. The second-order valence-electron chi connectivity index (χ2n) is 5.19. The molecule has 2 aromatic carbocycles. The predicted molar refractivity (Wildman–Crippen MR) is 96.7 cm³/mol. The molecule has 0 aliphatic carbocycles. The van der Waals surface area contributed by atoms with Crippen LogP contribution in [0.25, 0.3) is 22.9 Å². The molecule has 0 fully saturated rings. The topological polar surface area (TPSA) is 77.8 Å². The molecule has 0 saturated heterocycles. The third-order valence-corrected chi connectivity index (χ3v) is 4.67. The van der Waals surface area contributed by atoms with E-state index in [9.17, 15) is 4.39 Å². The standard InChI is InChI=1S/C17H10BrFN4O2S/c18-12-3-1-2-11(8-12)16-21-22-17(24-16)26-9-14-20-15(25-23-14)10-4-6-13(19)7-5-10/h1-8H,9H2. The minimum atomic E-state index is -0.318. The SMILES string of the molecule is Fc1ccc(-c2nc(CSc3nnc(-c4cccc(Br)c4)o3)no2)cc1. The van der Waals surface area contributed by atoms with Crippen molar-refractivity contribution in [2.75, 3.05) is 0 Å². The van der Waals surface area contributed by atoms with Crippen LogP contribution in [0.4, 0.5) is 4.39 Å². The molecule has 0 unspecified atom stereocenters. The van der Waals surface area contributed by atoms with Crippen molar-refractivity contribution in [3.8, 4) is 22.9 Å². The monoisotopic (exact) mass is 432 g/mol. The van der Waals surface area contributed by atoms with Crippen molar-refractivity contribution < 1.29 is 13.3 Å². The second kappa shape index (κ2) is 7.38. The van der Waals surface area contributed by atoms with Crippen LogP contribution in [0.15, 0.2) is 67.2 Å². The fourth-order valence-electron chi connectivity index (χ4n) is 2.15. The average Bonchev–Trinajstić information content (AvgIpc) is 3.30. The molecule has 0 aliphatic rings. The van der Waals surface area contributed by atoms with E-state index in [4.69, 9.17) is 8.94 Å². The molecule has 0 amide bonds. The van der Waals surface area contributed by atoms with Gasteiger partial charge in [0.05, 0.1) is 5.75 Å². The van der Waals surface area contributed by atoms with E-state index in [1.165, 1.54) is 23.9 Å². The lowest BCUT2D eigenvalue weighted by atomic mass is 10.2. The van der Waals surface area contributed by atoms with Gasteiger partial charge in [0, 0.05) is 15.6 Å². The molecule has 0 saturated carbocycles. The van der Waals surface area contributed by atoms with Crippen molar-refractivity contribution in [1.29, 1.82) is 0 Å². The van der Waals surface area contributed by atoms with Crippen LogP contribution >= 0.6 is 27.7 Å². The fourth-order valence-corrected chi connectivity index (χ4v) is 3.16. The summed E-state index contributed by atoms with van der Waals surface area (Å²) in [6, 6.07) is 13.5. The van der Waals surface area contributed by atoms with E-state index in [0.29, 0.717) is 34.1 Å². The zero-order valence-corrected chi connectivity index (χ0v) is 15.5. The lowest BCUT2D eigenvalue weighted by molar-refractivity contribution is 0.425. The van der Waals surface area contributed by atoms with E-state index in [-0.39, 0.29) is 5.82 Å². The van der Waals surface area contributed by atoms with Gasteiger partial charge >= 0.3 is 0 Å². The number of nitrogens with zero attached hydrogens (tertiary/aromatic N) is 4. The van der Waals surface area contributed by atoms with Crippen molar-refractivity contribution >= 4 is 27.7 Å². The van der Waals surface area contributed by atoms with Crippen LogP contribution in [-0.4, -0.2) is 20.3 Å². The van der Waals surface area contributed by atoms with E-state index >= 15 is 0 Å². The maximum atomic E-state index is 13.0. The van der Waals surface area contributed by atoms with E-state index in [2.05, 4.69) is 36.3 Å². The normalized spacial score (nSPS) is 11.0. The highest BCUT2D eigenvalue weighted by Crippen LogP contribution is 2.27. The molecule has 0 N–H and O–H groups in total. The summed E-state index contributed by atoms with van der Waals surface area (Å²) in [7, 11) is 0. The third kappa shape index (κ3) is 3.83. The molecule has 4 aromatic rings. The smallest absolute Gasteiger partial charge is 0.277 e. The van der Waals surface area contributed by atoms with Crippen molar-refractivity contribution in [1.82, 2.24) is 20.3 Å². The number of aromatic nitrogens is 4. The van der Waals surface area contributed by atoms with Gasteiger partial charge in [0.25, 0.3) is 11.1 Å². The van der Waals surface area contributed by atoms with Gasteiger partial charge in [0.1, 0.15) is 5.82 Å². The Morgan fingerprint density at radius 1 is 1.00 bits per heavy atom. The summed E-state index contributed by atoms with van der Waals surface area (Å²) >= 11 is 4.72. The van der Waals surface area contributed by atoms with E-state index in [1.54, 1.807) is 12.1 Å². The molecule has 0 bridgehead atoms. The Morgan fingerprint density at radius 3 is 2.65 bits per heavy atom. The van der Waals surface area contributed by atoms with Crippen molar-refractivity contribution in [2.45, 2.75) is 11.0 Å². The molecule has 0 atom stereocenters. The van der Waals surface area contributed by atoms with Crippen LogP contribution in [0.2, 0.25) is 0 Å². The summed E-state index contributed by atoms with van der Waals surface area (Å²) in [5, 5.41) is 12.4. The summed E-state index contributed by atoms with van der Waals surface area (Å²) in [5.41, 5.74) is 1.49. The summed E-state index contributed by atoms with van der Waals surface area (Å²) in [5.74, 6) is 1.35. The molecule has 0 radical (unpaired) electrons. The Hall–Kier alpha value is -2.52. The van der Waals surface area contributed by atoms with Gasteiger partial charge < -0.3 is 8.94 Å². The van der Waals surface area contributed by atoms with Gasteiger partial charge in [-0.2, -0.15) is 4.98 Å².